The van der Waals surface area contributed by atoms with Gasteiger partial charge in [0.1, 0.15) is 0 Å². The second-order valence-electron chi connectivity index (χ2n) is 4.93. The first kappa shape index (κ1) is 16.0. The van der Waals surface area contributed by atoms with Gasteiger partial charge >= 0.3 is 0 Å². The zero-order chi connectivity index (χ0) is 16.3. The van der Waals surface area contributed by atoms with Crippen LogP contribution in [0.5, 0.6) is 0 Å². The van der Waals surface area contributed by atoms with E-state index in [4.69, 9.17) is 5.73 Å². The summed E-state index contributed by atoms with van der Waals surface area (Å²) >= 11 is 0. The number of anilines is 2. The van der Waals surface area contributed by atoms with Crippen LogP contribution in [0.4, 0.5) is 11.4 Å². The average Bonchev–Trinajstić information content (AvgIpc) is 2.49. The van der Waals surface area contributed by atoms with E-state index < -0.39 is 9.84 Å². The number of carbonyl (C=O) groups excluding carboxylic acids is 1. The summed E-state index contributed by atoms with van der Waals surface area (Å²) in [6.45, 7) is 3.34. The largest absolute Gasteiger partial charge is 0.397 e. The second-order valence-corrected chi connectivity index (χ2v) is 6.88. The molecule has 0 saturated carbocycles. The van der Waals surface area contributed by atoms with Crippen LogP contribution in [0.1, 0.15) is 19.4 Å². The van der Waals surface area contributed by atoms with Crippen molar-refractivity contribution in [1.29, 1.82) is 0 Å². The maximum Gasteiger partial charge on any atom is 0.221 e. The Labute approximate surface area is 130 Å². The average molecular weight is 318 g/mol. The number of hydrogen-bond donors (Lipinski definition) is 2. The molecule has 0 radical (unpaired) electrons. The molecular formula is C16H18N2O3S. The number of benzene rings is 2. The first-order chi connectivity index (χ1) is 10.3. The number of nitrogen functional groups attached to an aromatic ring is 1. The third kappa shape index (κ3) is 3.28. The first-order valence-corrected chi connectivity index (χ1v) is 8.34. The van der Waals surface area contributed by atoms with Crippen molar-refractivity contribution in [1.82, 2.24) is 0 Å². The Hall–Kier alpha value is -2.34. The van der Waals surface area contributed by atoms with Crippen LogP contribution in [-0.2, 0) is 21.1 Å². The van der Waals surface area contributed by atoms with Crippen LogP contribution in [0.2, 0.25) is 0 Å². The van der Waals surface area contributed by atoms with Gasteiger partial charge in [0, 0.05) is 6.92 Å². The number of rotatable bonds is 4. The third-order valence-corrected chi connectivity index (χ3v) is 5.05. The van der Waals surface area contributed by atoms with Gasteiger partial charge in [-0.2, -0.15) is 0 Å². The molecule has 3 N–H and O–H groups in total. The topological polar surface area (TPSA) is 89.3 Å². The second kappa shape index (κ2) is 6.19. The van der Waals surface area contributed by atoms with Gasteiger partial charge in [-0.3, -0.25) is 4.79 Å². The van der Waals surface area contributed by atoms with Crippen LogP contribution in [0.3, 0.4) is 0 Å². The van der Waals surface area contributed by atoms with Crippen molar-refractivity contribution in [3.63, 3.8) is 0 Å². The summed E-state index contributed by atoms with van der Waals surface area (Å²) in [6, 6.07) is 11.0. The summed E-state index contributed by atoms with van der Waals surface area (Å²) in [5, 5.41) is 2.53. The van der Waals surface area contributed by atoms with E-state index in [2.05, 4.69) is 5.32 Å². The van der Waals surface area contributed by atoms with Crippen LogP contribution in [0.15, 0.2) is 52.3 Å². The van der Waals surface area contributed by atoms with E-state index in [-0.39, 0.29) is 15.7 Å². The summed E-state index contributed by atoms with van der Waals surface area (Å²) in [4.78, 5) is 11.5. The van der Waals surface area contributed by atoms with Crippen molar-refractivity contribution in [3.8, 4) is 0 Å². The molecule has 0 spiro atoms. The Morgan fingerprint density at radius 3 is 2.23 bits per heavy atom. The fraction of sp³-hybridized carbons (Fsp3) is 0.188. The molecule has 0 aliphatic carbocycles. The monoisotopic (exact) mass is 318 g/mol. The molecule has 0 atom stereocenters. The van der Waals surface area contributed by atoms with E-state index in [1.807, 2.05) is 6.92 Å². The molecule has 0 heterocycles. The highest BCUT2D eigenvalue weighted by Crippen LogP contribution is 2.27. The van der Waals surface area contributed by atoms with E-state index in [0.717, 1.165) is 12.0 Å². The highest BCUT2D eigenvalue weighted by molar-refractivity contribution is 7.91. The number of nitrogens with one attached hydrogen (secondary N) is 1. The summed E-state index contributed by atoms with van der Waals surface area (Å²) in [5.41, 5.74) is 7.42. The van der Waals surface area contributed by atoms with Gasteiger partial charge < -0.3 is 11.1 Å². The van der Waals surface area contributed by atoms with Gasteiger partial charge in [-0.1, -0.05) is 19.1 Å². The van der Waals surface area contributed by atoms with E-state index in [1.54, 1.807) is 24.3 Å². The smallest absolute Gasteiger partial charge is 0.221 e. The lowest BCUT2D eigenvalue weighted by Crippen LogP contribution is -2.10. The molecule has 0 fully saturated rings. The lowest BCUT2D eigenvalue weighted by Gasteiger charge is -2.10. The Bertz CT molecular complexity index is 797. The van der Waals surface area contributed by atoms with Crippen molar-refractivity contribution < 1.29 is 13.2 Å². The Morgan fingerprint density at radius 2 is 1.68 bits per heavy atom. The molecule has 5 nitrogen and oxygen atoms in total. The molecule has 0 unspecified atom stereocenters. The minimum atomic E-state index is -3.65. The van der Waals surface area contributed by atoms with E-state index >= 15 is 0 Å². The van der Waals surface area contributed by atoms with E-state index in [1.165, 1.54) is 25.1 Å². The standard InChI is InChI=1S/C16H18N2O3S/c1-3-12-4-6-13(7-5-12)22(20,21)14-8-9-15(17)16(10-14)18-11(2)19/h4-10H,3,17H2,1-2H3,(H,18,19). The Kier molecular flexibility index (Phi) is 4.51. The molecule has 2 aromatic rings. The lowest BCUT2D eigenvalue weighted by atomic mass is 10.2. The number of aryl methyl sites for hydroxylation is 1. The molecule has 0 aromatic heterocycles. The SMILES string of the molecule is CCc1ccc(S(=O)(=O)c2ccc(N)c(NC(C)=O)c2)cc1. The molecule has 0 bridgehead atoms. The number of nitrogens with two attached hydrogens (primary N) is 1. The fourth-order valence-corrected chi connectivity index (χ4v) is 3.33. The minimum absolute atomic E-state index is 0.0923. The first-order valence-electron chi connectivity index (χ1n) is 6.85. The molecule has 22 heavy (non-hydrogen) atoms. The molecule has 0 aliphatic heterocycles. The zero-order valence-electron chi connectivity index (χ0n) is 12.5. The maximum absolute atomic E-state index is 12.6. The van der Waals surface area contributed by atoms with Crippen molar-refractivity contribution in [2.24, 2.45) is 0 Å². The van der Waals surface area contributed by atoms with Gasteiger partial charge in [-0.15, -0.1) is 0 Å². The number of hydrogen-bond acceptors (Lipinski definition) is 4. The molecule has 0 saturated heterocycles. The highest BCUT2D eigenvalue weighted by Gasteiger charge is 2.19. The van der Waals surface area contributed by atoms with E-state index in [0.29, 0.717) is 11.4 Å². The fourth-order valence-electron chi connectivity index (χ4n) is 2.04. The maximum atomic E-state index is 12.6. The Morgan fingerprint density at radius 1 is 1.09 bits per heavy atom. The van der Waals surface area contributed by atoms with Gasteiger partial charge in [-0.25, -0.2) is 8.42 Å². The van der Waals surface area contributed by atoms with Gasteiger partial charge in [0.2, 0.25) is 15.7 Å². The van der Waals surface area contributed by atoms with Gasteiger partial charge in [0.15, 0.2) is 0 Å². The molecule has 1 amide bonds. The molecule has 2 rings (SSSR count). The van der Waals surface area contributed by atoms with E-state index in [9.17, 15) is 13.2 Å². The van der Waals surface area contributed by atoms with Crippen LogP contribution >= 0.6 is 0 Å². The predicted octanol–water partition coefficient (Wildman–Crippen LogP) is 2.62. The van der Waals surface area contributed by atoms with Gasteiger partial charge in [0.05, 0.1) is 21.2 Å². The number of sulfone groups is 1. The third-order valence-electron chi connectivity index (χ3n) is 3.29. The summed E-state index contributed by atoms with van der Waals surface area (Å²) in [5.74, 6) is -0.312. The van der Waals surface area contributed by atoms with Crippen LogP contribution in [-0.4, -0.2) is 14.3 Å². The minimum Gasteiger partial charge on any atom is -0.397 e. The molecule has 116 valence electrons. The molecule has 2 aromatic carbocycles. The van der Waals surface area contributed by atoms with Crippen molar-refractivity contribution in [2.75, 3.05) is 11.1 Å². The molecule has 0 aliphatic rings. The molecule has 6 heteroatoms. The van der Waals surface area contributed by atoms with Gasteiger partial charge in [-0.05, 0) is 42.3 Å². The van der Waals surface area contributed by atoms with Crippen molar-refractivity contribution in [3.05, 3.63) is 48.0 Å². The normalized spacial score (nSPS) is 11.2. The van der Waals surface area contributed by atoms with Gasteiger partial charge in [0.25, 0.3) is 0 Å². The summed E-state index contributed by atoms with van der Waals surface area (Å²) in [6.07, 6.45) is 0.842. The lowest BCUT2D eigenvalue weighted by molar-refractivity contribution is -0.114. The van der Waals surface area contributed by atoms with Crippen LogP contribution in [0, 0.1) is 0 Å². The van der Waals surface area contributed by atoms with Crippen molar-refractivity contribution in [2.45, 2.75) is 30.1 Å². The zero-order valence-corrected chi connectivity index (χ0v) is 13.3. The predicted molar refractivity (Wildman–Crippen MR) is 86.4 cm³/mol. The summed E-state index contributed by atoms with van der Waals surface area (Å²) in [7, 11) is -3.65. The van der Waals surface area contributed by atoms with Crippen LogP contribution in [0.25, 0.3) is 0 Å². The number of carbonyl (C=O) groups is 1. The quantitative estimate of drug-likeness (QED) is 0.848. The van der Waals surface area contributed by atoms with Crippen molar-refractivity contribution >= 4 is 27.1 Å². The molecular weight excluding hydrogens is 300 g/mol. The number of amides is 1. The summed E-state index contributed by atoms with van der Waals surface area (Å²) < 4.78 is 25.3. The Balaban J connectivity index is 2.46. The van der Waals surface area contributed by atoms with Crippen LogP contribution < -0.4 is 11.1 Å². The highest BCUT2D eigenvalue weighted by atomic mass is 32.2.